The van der Waals surface area contributed by atoms with E-state index < -0.39 is 6.10 Å². The van der Waals surface area contributed by atoms with E-state index in [9.17, 15) is 14.7 Å². The van der Waals surface area contributed by atoms with Gasteiger partial charge in [-0.2, -0.15) is 0 Å². The molecule has 5 heteroatoms. The summed E-state index contributed by atoms with van der Waals surface area (Å²) in [7, 11) is 0. The smallest absolute Gasteiger partial charge is 0.223 e. The Morgan fingerprint density at radius 2 is 1.96 bits per heavy atom. The predicted octanol–water partition coefficient (Wildman–Crippen LogP) is 3.36. The highest BCUT2D eigenvalue weighted by Crippen LogP contribution is 2.28. The highest BCUT2D eigenvalue weighted by atomic mass is 16.4. The molecule has 5 nitrogen and oxygen atoms in total. The number of rotatable bonds is 7. The Morgan fingerprint density at radius 1 is 1.16 bits per heavy atom. The second-order valence-corrected chi connectivity index (χ2v) is 6.44. The molecule has 1 amide bonds. The number of hydrogen-bond acceptors (Lipinski definition) is 4. The van der Waals surface area contributed by atoms with E-state index in [0.717, 1.165) is 12.8 Å². The van der Waals surface area contributed by atoms with Crippen LogP contribution in [0.25, 0.3) is 0 Å². The summed E-state index contributed by atoms with van der Waals surface area (Å²) in [6.07, 6.45) is 3.51. The van der Waals surface area contributed by atoms with Crippen molar-refractivity contribution >= 4 is 11.7 Å². The van der Waals surface area contributed by atoms with Gasteiger partial charge in [0.25, 0.3) is 0 Å². The van der Waals surface area contributed by atoms with Crippen molar-refractivity contribution in [2.75, 3.05) is 6.54 Å². The lowest BCUT2D eigenvalue weighted by Gasteiger charge is -2.26. The van der Waals surface area contributed by atoms with Crippen LogP contribution in [0.15, 0.2) is 53.1 Å². The van der Waals surface area contributed by atoms with Crippen molar-refractivity contribution in [3.8, 4) is 0 Å². The standard InChI is InChI=1S/C20H23NO4/c22-17(15-6-2-1-3-7-15)10-11-20(24)21-12-4-8-16(21)14-18(23)19-9-5-13-25-19/h1-3,5-7,9,13,16,18,23H,4,8,10-12,14H2. The van der Waals surface area contributed by atoms with Crippen LogP contribution in [0.5, 0.6) is 0 Å². The molecule has 2 heterocycles. The Hall–Kier alpha value is -2.40. The Balaban J connectivity index is 1.53. The van der Waals surface area contributed by atoms with Crippen molar-refractivity contribution in [1.29, 1.82) is 0 Å². The van der Waals surface area contributed by atoms with Crippen molar-refractivity contribution < 1.29 is 19.1 Å². The zero-order valence-electron chi connectivity index (χ0n) is 14.1. The van der Waals surface area contributed by atoms with Gasteiger partial charge in [-0.1, -0.05) is 30.3 Å². The lowest BCUT2D eigenvalue weighted by molar-refractivity contribution is -0.132. The van der Waals surface area contributed by atoms with E-state index >= 15 is 0 Å². The van der Waals surface area contributed by atoms with Crippen LogP contribution in [-0.4, -0.2) is 34.3 Å². The van der Waals surface area contributed by atoms with Crippen molar-refractivity contribution in [2.45, 2.75) is 44.2 Å². The first-order chi connectivity index (χ1) is 12.1. The van der Waals surface area contributed by atoms with Gasteiger partial charge in [0.05, 0.1) is 6.26 Å². The first kappa shape index (κ1) is 17.4. The van der Waals surface area contributed by atoms with E-state index in [1.165, 1.54) is 6.26 Å². The molecule has 0 bridgehead atoms. The molecule has 0 saturated carbocycles. The first-order valence-corrected chi connectivity index (χ1v) is 8.74. The molecule has 1 aliphatic heterocycles. The molecule has 1 aliphatic rings. The van der Waals surface area contributed by atoms with Gasteiger partial charge in [0, 0.05) is 37.4 Å². The average molecular weight is 341 g/mol. The number of hydrogen-bond donors (Lipinski definition) is 1. The van der Waals surface area contributed by atoms with Gasteiger partial charge >= 0.3 is 0 Å². The maximum atomic E-state index is 12.5. The maximum Gasteiger partial charge on any atom is 0.223 e. The number of amides is 1. The Kier molecular flexibility index (Phi) is 5.66. The average Bonchev–Trinajstić information content (AvgIpc) is 3.32. The molecule has 1 N–H and O–H groups in total. The molecule has 2 atom stereocenters. The molecule has 1 aromatic carbocycles. The van der Waals surface area contributed by atoms with E-state index in [1.54, 1.807) is 24.3 Å². The van der Waals surface area contributed by atoms with Gasteiger partial charge in [-0.05, 0) is 25.0 Å². The molecule has 0 spiro atoms. The normalized spacial score (nSPS) is 18.3. The predicted molar refractivity (Wildman–Crippen MR) is 93.0 cm³/mol. The monoisotopic (exact) mass is 341 g/mol. The summed E-state index contributed by atoms with van der Waals surface area (Å²) in [5.41, 5.74) is 0.640. The maximum absolute atomic E-state index is 12.5. The summed E-state index contributed by atoms with van der Waals surface area (Å²) < 4.78 is 5.23. The molecule has 2 aromatic rings. The summed E-state index contributed by atoms with van der Waals surface area (Å²) in [6.45, 7) is 0.688. The molecule has 132 valence electrons. The van der Waals surface area contributed by atoms with E-state index in [0.29, 0.717) is 24.3 Å². The van der Waals surface area contributed by atoms with Gasteiger partial charge in [0.15, 0.2) is 5.78 Å². The van der Waals surface area contributed by atoms with E-state index in [4.69, 9.17) is 4.42 Å². The molecular weight excluding hydrogens is 318 g/mol. The third-order valence-corrected chi connectivity index (χ3v) is 4.73. The molecule has 3 rings (SSSR count). The number of furan rings is 1. The fourth-order valence-corrected chi connectivity index (χ4v) is 3.40. The van der Waals surface area contributed by atoms with Gasteiger partial charge in [-0.15, -0.1) is 0 Å². The molecule has 0 radical (unpaired) electrons. The van der Waals surface area contributed by atoms with Crippen LogP contribution in [0.4, 0.5) is 0 Å². The summed E-state index contributed by atoms with van der Waals surface area (Å²) in [6, 6.07) is 12.5. The third kappa shape index (κ3) is 4.37. The summed E-state index contributed by atoms with van der Waals surface area (Å²) in [5.74, 6) is 0.497. The van der Waals surface area contributed by atoms with Crippen molar-refractivity contribution in [3.05, 3.63) is 60.1 Å². The van der Waals surface area contributed by atoms with Crippen LogP contribution in [0.1, 0.15) is 54.3 Å². The van der Waals surface area contributed by atoms with Crippen molar-refractivity contribution in [1.82, 2.24) is 4.90 Å². The van der Waals surface area contributed by atoms with Crippen LogP contribution < -0.4 is 0 Å². The number of likely N-dealkylation sites (tertiary alicyclic amines) is 1. The minimum atomic E-state index is -0.709. The molecule has 1 aromatic heterocycles. The van der Waals surface area contributed by atoms with Gasteiger partial charge in [-0.25, -0.2) is 0 Å². The number of aliphatic hydroxyl groups is 1. The van der Waals surface area contributed by atoms with Crippen LogP contribution in [0.2, 0.25) is 0 Å². The van der Waals surface area contributed by atoms with Crippen molar-refractivity contribution in [2.24, 2.45) is 0 Å². The Morgan fingerprint density at radius 3 is 2.68 bits per heavy atom. The summed E-state index contributed by atoms with van der Waals surface area (Å²) in [4.78, 5) is 26.5. The highest BCUT2D eigenvalue weighted by Gasteiger charge is 2.31. The summed E-state index contributed by atoms with van der Waals surface area (Å²) >= 11 is 0. The van der Waals surface area contributed by atoms with Gasteiger partial charge in [0.2, 0.25) is 5.91 Å². The lowest BCUT2D eigenvalue weighted by Crippen LogP contribution is -2.36. The Labute approximate surface area is 147 Å². The molecule has 0 aliphatic carbocycles. The second-order valence-electron chi connectivity index (χ2n) is 6.44. The number of aliphatic hydroxyl groups excluding tert-OH is 1. The molecular formula is C20H23NO4. The number of benzene rings is 1. The fourth-order valence-electron chi connectivity index (χ4n) is 3.40. The van der Waals surface area contributed by atoms with Crippen molar-refractivity contribution in [3.63, 3.8) is 0 Å². The van der Waals surface area contributed by atoms with Crippen LogP contribution in [-0.2, 0) is 4.79 Å². The van der Waals surface area contributed by atoms with E-state index in [1.807, 2.05) is 23.1 Å². The fraction of sp³-hybridized carbons (Fsp3) is 0.400. The van der Waals surface area contributed by atoms with Crippen LogP contribution in [0.3, 0.4) is 0 Å². The number of carbonyl (C=O) groups is 2. The molecule has 2 unspecified atom stereocenters. The number of nitrogens with zero attached hydrogens (tertiary/aromatic N) is 1. The summed E-state index contributed by atoms with van der Waals surface area (Å²) in [5, 5.41) is 10.3. The second kappa shape index (κ2) is 8.12. The van der Waals surface area contributed by atoms with Crippen LogP contribution >= 0.6 is 0 Å². The van der Waals surface area contributed by atoms with Crippen LogP contribution in [0, 0.1) is 0 Å². The minimum absolute atomic E-state index is 0.000530. The van der Waals surface area contributed by atoms with Gasteiger partial charge in [0.1, 0.15) is 11.9 Å². The largest absolute Gasteiger partial charge is 0.467 e. The topological polar surface area (TPSA) is 70.8 Å². The SMILES string of the molecule is O=C(CCC(=O)N1CCCC1CC(O)c1ccco1)c1ccccc1. The van der Waals surface area contributed by atoms with Gasteiger partial charge in [-0.3, -0.25) is 9.59 Å². The zero-order valence-corrected chi connectivity index (χ0v) is 14.1. The molecule has 1 saturated heterocycles. The quantitative estimate of drug-likeness (QED) is 0.784. The molecule has 25 heavy (non-hydrogen) atoms. The first-order valence-electron chi connectivity index (χ1n) is 8.74. The van der Waals surface area contributed by atoms with E-state index in [-0.39, 0.29) is 30.6 Å². The number of ketones is 1. The minimum Gasteiger partial charge on any atom is -0.467 e. The Bertz CT molecular complexity index is 696. The molecule has 1 fully saturated rings. The van der Waals surface area contributed by atoms with Gasteiger partial charge < -0.3 is 14.4 Å². The zero-order chi connectivity index (χ0) is 17.6. The van der Waals surface area contributed by atoms with E-state index in [2.05, 4.69) is 0 Å². The number of Topliss-reactive ketones (excluding diaryl/α,β-unsaturated/α-hetero) is 1. The lowest BCUT2D eigenvalue weighted by atomic mass is 10.0. The number of carbonyl (C=O) groups excluding carboxylic acids is 2. The highest BCUT2D eigenvalue weighted by molar-refractivity contribution is 5.97. The third-order valence-electron chi connectivity index (χ3n) is 4.73.